The standard InChI is InChI=1S/C10H18N2/c1-2-5-9(4-1)12-8-10-6-3-7-11-10/h1,4,9-12H,2-3,5-8H2. The molecule has 2 aliphatic rings. The Kier molecular flexibility index (Phi) is 2.79. The Morgan fingerprint density at radius 1 is 1.42 bits per heavy atom. The molecule has 12 heavy (non-hydrogen) atoms. The van der Waals surface area contributed by atoms with E-state index in [1.165, 1.54) is 32.2 Å². The average molecular weight is 166 g/mol. The number of hydrogen-bond donors (Lipinski definition) is 2. The minimum absolute atomic E-state index is 0.660. The Morgan fingerprint density at radius 3 is 3.08 bits per heavy atom. The first-order chi connectivity index (χ1) is 5.95. The second-order valence-electron chi connectivity index (χ2n) is 3.81. The van der Waals surface area contributed by atoms with Crippen LogP contribution in [-0.4, -0.2) is 25.2 Å². The molecule has 0 amide bonds. The molecule has 0 aromatic carbocycles. The van der Waals surface area contributed by atoms with Gasteiger partial charge in [-0.1, -0.05) is 12.2 Å². The molecular weight excluding hydrogens is 148 g/mol. The summed E-state index contributed by atoms with van der Waals surface area (Å²) in [6.07, 6.45) is 9.84. The predicted molar refractivity (Wildman–Crippen MR) is 51.2 cm³/mol. The molecule has 2 rings (SSSR count). The third kappa shape index (κ3) is 2.08. The van der Waals surface area contributed by atoms with Crippen molar-refractivity contribution in [2.45, 2.75) is 37.8 Å². The molecule has 0 spiro atoms. The largest absolute Gasteiger partial charge is 0.313 e. The van der Waals surface area contributed by atoms with Gasteiger partial charge in [-0.2, -0.15) is 0 Å². The lowest BCUT2D eigenvalue weighted by Crippen LogP contribution is -2.38. The molecule has 68 valence electrons. The highest BCUT2D eigenvalue weighted by Gasteiger charge is 2.15. The number of nitrogens with one attached hydrogen (secondary N) is 2. The summed E-state index contributed by atoms with van der Waals surface area (Å²) < 4.78 is 0. The molecule has 2 atom stereocenters. The van der Waals surface area contributed by atoms with Crippen LogP contribution in [0.25, 0.3) is 0 Å². The van der Waals surface area contributed by atoms with Crippen LogP contribution >= 0.6 is 0 Å². The fourth-order valence-electron chi connectivity index (χ4n) is 2.03. The van der Waals surface area contributed by atoms with E-state index in [2.05, 4.69) is 22.8 Å². The van der Waals surface area contributed by atoms with Crippen LogP contribution in [0, 0.1) is 0 Å². The topological polar surface area (TPSA) is 24.1 Å². The van der Waals surface area contributed by atoms with Crippen molar-refractivity contribution in [3.05, 3.63) is 12.2 Å². The van der Waals surface area contributed by atoms with Crippen LogP contribution in [0.1, 0.15) is 25.7 Å². The lowest BCUT2D eigenvalue weighted by atomic mass is 10.2. The summed E-state index contributed by atoms with van der Waals surface area (Å²) in [5, 5.41) is 7.07. The SMILES string of the molecule is C1=CC(NCC2CCCN2)CC1. The van der Waals surface area contributed by atoms with Gasteiger partial charge in [-0.3, -0.25) is 0 Å². The Bertz CT molecular complexity index is 159. The number of hydrogen-bond acceptors (Lipinski definition) is 2. The van der Waals surface area contributed by atoms with Crippen LogP contribution in [0.4, 0.5) is 0 Å². The van der Waals surface area contributed by atoms with Gasteiger partial charge in [0.2, 0.25) is 0 Å². The normalized spacial score (nSPS) is 34.7. The Balaban J connectivity index is 1.63. The monoisotopic (exact) mass is 166 g/mol. The molecule has 0 radical (unpaired) electrons. The lowest BCUT2D eigenvalue weighted by molar-refractivity contribution is 0.497. The van der Waals surface area contributed by atoms with Crippen LogP contribution in [0.15, 0.2) is 12.2 Å². The van der Waals surface area contributed by atoms with E-state index in [0.717, 1.165) is 12.6 Å². The van der Waals surface area contributed by atoms with Crippen molar-refractivity contribution in [2.75, 3.05) is 13.1 Å². The van der Waals surface area contributed by atoms with Crippen LogP contribution in [0.5, 0.6) is 0 Å². The summed E-state index contributed by atoms with van der Waals surface area (Å²) in [6, 6.07) is 1.39. The first kappa shape index (κ1) is 8.27. The van der Waals surface area contributed by atoms with Crippen molar-refractivity contribution in [3.63, 3.8) is 0 Å². The third-order valence-corrected chi connectivity index (χ3v) is 2.80. The summed E-state index contributed by atoms with van der Waals surface area (Å²) in [5.74, 6) is 0. The van der Waals surface area contributed by atoms with Gasteiger partial charge in [-0.15, -0.1) is 0 Å². The molecule has 0 saturated carbocycles. The zero-order chi connectivity index (χ0) is 8.23. The van der Waals surface area contributed by atoms with E-state index in [-0.39, 0.29) is 0 Å². The van der Waals surface area contributed by atoms with Crippen molar-refractivity contribution in [3.8, 4) is 0 Å². The van der Waals surface area contributed by atoms with E-state index in [1.54, 1.807) is 0 Å². The third-order valence-electron chi connectivity index (χ3n) is 2.80. The van der Waals surface area contributed by atoms with Gasteiger partial charge in [0.25, 0.3) is 0 Å². The number of allylic oxidation sites excluding steroid dienone is 1. The lowest BCUT2D eigenvalue weighted by Gasteiger charge is -2.15. The summed E-state index contributed by atoms with van der Waals surface area (Å²) in [7, 11) is 0. The van der Waals surface area contributed by atoms with E-state index in [9.17, 15) is 0 Å². The first-order valence-corrected chi connectivity index (χ1v) is 5.08. The summed E-state index contributed by atoms with van der Waals surface area (Å²) in [6.45, 7) is 2.36. The van der Waals surface area contributed by atoms with Gasteiger partial charge in [-0.25, -0.2) is 0 Å². The van der Waals surface area contributed by atoms with Crippen LogP contribution in [0.2, 0.25) is 0 Å². The van der Waals surface area contributed by atoms with Crippen molar-refractivity contribution in [2.24, 2.45) is 0 Å². The maximum absolute atomic E-state index is 3.57. The predicted octanol–water partition coefficient (Wildman–Crippen LogP) is 1.05. The molecule has 1 heterocycles. The van der Waals surface area contributed by atoms with Gasteiger partial charge < -0.3 is 10.6 Å². The zero-order valence-electron chi connectivity index (χ0n) is 7.55. The van der Waals surface area contributed by atoms with E-state index >= 15 is 0 Å². The molecule has 2 unspecified atom stereocenters. The molecular formula is C10H18N2. The fourth-order valence-corrected chi connectivity index (χ4v) is 2.03. The van der Waals surface area contributed by atoms with Crippen molar-refractivity contribution >= 4 is 0 Å². The average Bonchev–Trinajstić information content (AvgIpc) is 2.74. The Labute approximate surface area is 74.4 Å². The number of rotatable bonds is 3. The minimum atomic E-state index is 0.660. The maximum Gasteiger partial charge on any atom is 0.0253 e. The second-order valence-corrected chi connectivity index (χ2v) is 3.81. The van der Waals surface area contributed by atoms with Crippen LogP contribution in [0.3, 0.4) is 0 Å². The van der Waals surface area contributed by atoms with Crippen molar-refractivity contribution < 1.29 is 0 Å². The molecule has 0 bridgehead atoms. The molecule has 1 aliphatic heterocycles. The van der Waals surface area contributed by atoms with E-state index in [4.69, 9.17) is 0 Å². The van der Waals surface area contributed by atoms with E-state index in [0.29, 0.717) is 6.04 Å². The molecule has 1 saturated heterocycles. The molecule has 2 N–H and O–H groups in total. The van der Waals surface area contributed by atoms with Gasteiger partial charge in [0, 0.05) is 18.6 Å². The van der Waals surface area contributed by atoms with Gasteiger partial charge in [0.15, 0.2) is 0 Å². The Morgan fingerprint density at radius 2 is 2.42 bits per heavy atom. The van der Waals surface area contributed by atoms with E-state index < -0.39 is 0 Å². The molecule has 0 aromatic heterocycles. The first-order valence-electron chi connectivity index (χ1n) is 5.08. The van der Waals surface area contributed by atoms with Crippen LogP contribution < -0.4 is 10.6 Å². The van der Waals surface area contributed by atoms with Gasteiger partial charge in [0.1, 0.15) is 0 Å². The molecule has 2 heteroatoms. The molecule has 0 aromatic rings. The van der Waals surface area contributed by atoms with Gasteiger partial charge in [-0.05, 0) is 32.2 Å². The summed E-state index contributed by atoms with van der Waals surface area (Å²) in [5.41, 5.74) is 0. The van der Waals surface area contributed by atoms with Crippen molar-refractivity contribution in [1.29, 1.82) is 0 Å². The Hall–Kier alpha value is -0.340. The highest BCUT2D eigenvalue weighted by molar-refractivity contribution is 5.01. The quantitative estimate of drug-likeness (QED) is 0.612. The fraction of sp³-hybridized carbons (Fsp3) is 0.800. The van der Waals surface area contributed by atoms with Gasteiger partial charge >= 0.3 is 0 Å². The highest BCUT2D eigenvalue weighted by Crippen LogP contribution is 2.10. The smallest absolute Gasteiger partial charge is 0.0253 e. The highest BCUT2D eigenvalue weighted by atomic mass is 15.0. The second kappa shape index (κ2) is 4.06. The van der Waals surface area contributed by atoms with Gasteiger partial charge in [0.05, 0.1) is 0 Å². The van der Waals surface area contributed by atoms with Crippen molar-refractivity contribution in [1.82, 2.24) is 10.6 Å². The molecule has 1 fully saturated rings. The molecule has 1 aliphatic carbocycles. The zero-order valence-corrected chi connectivity index (χ0v) is 7.55. The van der Waals surface area contributed by atoms with Crippen LogP contribution in [-0.2, 0) is 0 Å². The maximum atomic E-state index is 3.57. The van der Waals surface area contributed by atoms with E-state index in [1.807, 2.05) is 0 Å². The summed E-state index contributed by atoms with van der Waals surface area (Å²) >= 11 is 0. The molecule has 2 nitrogen and oxygen atoms in total. The summed E-state index contributed by atoms with van der Waals surface area (Å²) in [4.78, 5) is 0. The minimum Gasteiger partial charge on any atom is -0.313 e.